The standard InChI is InChI=1S/C11H12N2O6S/c1-19-11(16)12-20(17,18)13-6-8(10(14)15)7-4-2-3-5-9(7)13/h2-5,8H,6H2,1H3,(H,12,16)(H,14,15). The molecule has 0 fully saturated rings. The highest BCUT2D eigenvalue weighted by Gasteiger charge is 2.39. The molecule has 2 N–H and O–H groups in total. The third-order valence-electron chi connectivity index (χ3n) is 2.92. The highest BCUT2D eigenvalue weighted by atomic mass is 32.2. The third-order valence-corrected chi connectivity index (χ3v) is 4.27. The quantitative estimate of drug-likeness (QED) is 0.828. The lowest BCUT2D eigenvalue weighted by molar-refractivity contribution is -0.138. The molecule has 0 spiro atoms. The van der Waals surface area contributed by atoms with Crippen LogP contribution >= 0.6 is 0 Å². The number of carbonyl (C=O) groups excluding carboxylic acids is 1. The summed E-state index contributed by atoms with van der Waals surface area (Å²) in [7, 11) is -3.18. The van der Waals surface area contributed by atoms with E-state index >= 15 is 0 Å². The Balaban J connectivity index is 2.40. The number of carboxylic acids is 1. The number of carbonyl (C=O) groups is 2. The minimum Gasteiger partial charge on any atom is -0.481 e. The first-order chi connectivity index (χ1) is 9.36. The number of hydrogen-bond donors (Lipinski definition) is 2. The molecule has 8 nitrogen and oxygen atoms in total. The molecular formula is C11H12N2O6S. The Morgan fingerprint density at radius 3 is 2.65 bits per heavy atom. The summed E-state index contributed by atoms with van der Waals surface area (Å²) in [6.07, 6.45) is -1.14. The van der Waals surface area contributed by atoms with Crippen molar-refractivity contribution in [2.24, 2.45) is 0 Å². The van der Waals surface area contributed by atoms with Gasteiger partial charge < -0.3 is 9.84 Å². The van der Waals surface area contributed by atoms with E-state index in [1.54, 1.807) is 22.9 Å². The van der Waals surface area contributed by atoms with Gasteiger partial charge in [-0.3, -0.25) is 9.10 Å². The summed E-state index contributed by atoms with van der Waals surface area (Å²) in [4.78, 5) is 22.2. The van der Waals surface area contributed by atoms with Crippen LogP contribution in [-0.4, -0.2) is 39.2 Å². The van der Waals surface area contributed by atoms with E-state index in [2.05, 4.69) is 4.74 Å². The highest BCUT2D eigenvalue weighted by Crippen LogP contribution is 2.37. The molecule has 0 bridgehead atoms. The number of carboxylic acid groups (broad SMARTS) is 1. The molecule has 1 aromatic rings. The molecule has 0 saturated carbocycles. The molecule has 20 heavy (non-hydrogen) atoms. The van der Waals surface area contributed by atoms with Gasteiger partial charge in [-0.1, -0.05) is 18.2 Å². The predicted molar refractivity (Wildman–Crippen MR) is 68.6 cm³/mol. The monoisotopic (exact) mass is 300 g/mol. The van der Waals surface area contributed by atoms with Gasteiger partial charge in [0.2, 0.25) is 0 Å². The normalized spacial score (nSPS) is 17.4. The van der Waals surface area contributed by atoms with E-state index in [9.17, 15) is 18.0 Å². The number of amides is 1. The number of benzene rings is 1. The molecule has 2 rings (SSSR count). The van der Waals surface area contributed by atoms with Crippen LogP contribution in [0.1, 0.15) is 11.5 Å². The fourth-order valence-corrected chi connectivity index (χ4v) is 3.19. The molecule has 0 saturated heterocycles. The maximum atomic E-state index is 12.1. The van der Waals surface area contributed by atoms with Crippen molar-refractivity contribution in [2.45, 2.75) is 5.92 Å². The number of hydrogen-bond acceptors (Lipinski definition) is 5. The second-order valence-electron chi connectivity index (χ2n) is 4.08. The SMILES string of the molecule is COC(=O)NS(=O)(=O)N1CC(C(=O)O)c2ccccc21. The smallest absolute Gasteiger partial charge is 0.422 e. The van der Waals surface area contributed by atoms with Gasteiger partial charge in [0, 0.05) is 0 Å². The maximum Gasteiger partial charge on any atom is 0.422 e. The Morgan fingerprint density at radius 1 is 1.40 bits per heavy atom. The van der Waals surface area contributed by atoms with Crippen molar-refractivity contribution in [1.82, 2.24) is 4.72 Å². The Kier molecular flexibility index (Phi) is 3.53. The number of nitrogens with one attached hydrogen (secondary N) is 1. The van der Waals surface area contributed by atoms with E-state index in [0.29, 0.717) is 5.56 Å². The van der Waals surface area contributed by atoms with E-state index in [4.69, 9.17) is 5.11 Å². The first kappa shape index (κ1) is 14.1. The Hall–Kier alpha value is -2.29. The molecule has 0 aromatic heterocycles. The molecule has 1 unspecified atom stereocenters. The molecule has 1 aromatic carbocycles. The van der Waals surface area contributed by atoms with Crippen molar-refractivity contribution < 1.29 is 27.9 Å². The van der Waals surface area contributed by atoms with Crippen LogP contribution in [0, 0.1) is 0 Å². The number of aliphatic carboxylic acids is 1. The molecule has 1 aliphatic heterocycles. The van der Waals surface area contributed by atoms with Gasteiger partial charge in [0.1, 0.15) is 5.92 Å². The zero-order chi connectivity index (χ0) is 14.9. The molecule has 1 aliphatic rings. The van der Waals surface area contributed by atoms with Gasteiger partial charge in [-0.05, 0) is 11.6 Å². The maximum absolute atomic E-state index is 12.1. The van der Waals surface area contributed by atoms with Gasteiger partial charge in [0.15, 0.2) is 0 Å². The van der Waals surface area contributed by atoms with E-state index < -0.39 is 28.2 Å². The van der Waals surface area contributed by atoms with Crippen molar-refractivity contribution in [2.75, 3.05) is 18.0 Å². The van der Waals surface area contributed by atoms with Crippen molar-refractivity contribution in [3.05, 3.63) is 29.8 Å². The molecule has 1 heterocycles. The minimum absolute atomic E-state index is 0.233. The predicted octanol–water partition coefficient (Wildman–Crippen LogP) is 0.276. The number of para-hydroxylation sites is 1. The third kappa shape index (κ3) is 2.39. The topological polar surface area (TPSA) is 113 Å². The number of nitrogens with zero attached hydrogens (tertiary/aromatic N) is 1. The molecule has 1 amide bonds. The highest BCUT2D eigenvalue weighted by molar-refractivity contribution is 7.91. The molecule has 0 radical (unpaired) electrons. The van der Waals surface area contributed by atoms with Gasteiger partial charge in [-0.2, -0.15) is 8.42 Å². The van der Waals surface area contributed by atoms with Gasteiger partial charge in [0.05, 0.1) is 19.3 Å². The summed E-state index contributed by atoms with van der Waals surface area (Å²) in [5.74, 6) is -2.10. The largest absolute Gasteiger partial charge is 0.481 e. The van der Waals surface area contributed by atoms with E-state index in [-0.39, 0.29) is 12.2 Å². The second kappa shape index (κ2) is 5.00. The molecule has 9 heteroatoms. The van der Waals surface area contributed by atoms with Crippen LogP contribution < -0.4 is 9.03 Å². The zero-order valence-electron chi connectivity index (χ0n) is 10.4. The first-order valence-electron chi connectivity index (χ1n) is 5.57. The number of anilines is 1. The Labute approximate surface area is 115 Å². The summed E-state index contributed by atoms with van der Waals surface area (Å²) >= 11 is 0. The summed E-state index contributed by atoms with van der Waals surface area (Å²) in [5, 5.41) is 9.14. The molecule has 0 aliphatic carbocycles. The molecule has 108 valence electrons. The lowest BCUT2D eigenvalue weighted by Crippen LogP contribution is -2.43. The van der Waals surface area contributed by atoms with Crippen LogP contribution in [0.2, 0.25) is 0 Å². The molecule has 1 atom stereocenters. The lowest BCUT2D eigenvalue weighted by Gasteiger charge is -2.19. The van der Waals surface area contributed by atoms with Crippen LogP contribution in [0.4, 0.5) is 10.5 Å². The zero-order valence-corrected chi connectivity index (χ0v) is 11.3. The van der Waals surface area contributed by atoms with Crippen molar-refractivity contribution >= 4 is 28.0 Å². The first-order valence-corrected chi connectivity index (χ1v) is 7.01. The van der Waals surface area contributed by atoms with E-state index in [1.807, 2.05) is 0 Å². The second-order valence-corrected chi connectivity index (χ2v) is 5.67. The molecular weight excluding hydrogens is 288 g/mol. The van der Waals surface area contributed by atoms with Crippen molar-refractivity contribution in [3.8, 4) is 0 Å². The van der Waals surface area contributed by atoms with Crippen molar-refractivity contribution in [1.29, 1.82) is 0 Å². The average Bonchev–Trinajstić information content (AvgIpc) is 2.78. The number of rotatable bonds is 3. The summed E-state index contributed by atoms with van der Waals surface area (Å²) in [6, 6.07) is 6.24. The minimum atomic E-state index is -4.21. The number of fused-ring (bicyclic) bond motifs is 1. The fraction of sp³-hybridized carbons (Fsp3) is 0.273. The summed E-state index contributed by atoms with van der Waals surface area (Å²) in [5.41, 5.74) is 0.617. The summed E-state index contributed by atoms with van der Waals surface area (Å²) in [6.45, 7) is -0.277. The van der Waals surface area contributed by atoms with Gasteiger partial charge >= 0.3 is 22.3 Å². The van der Waals surface area contributed by atoms with Crippen LogP contribution in [-0.2, 0) is 19.7 Å². The van der Waals surface area contributed by atoms with E-state index in [0.717, 1.165) is 11.4 Å². The number of methoxy groups -OCH3 is 1. The van der Waals surface area contributed by atoms with E-state index in [1.165, 1.54) is 6.07 Å². The van der Waals surface area contributed by atoms with Crippen LogP contribution in [0.5, 0.6) is 0 Å². The Bertz CT molecular complexity index is 657. The number of ether oxygens (including phenoxy) is 1. The Morgan fingerprint density at radius 2 is 2.05 bits per heavy atom. The van der Waals surface area contributed by atoms with Crippen LogP contribution in [0.15, 0.2) is 24.3 Å². The van der Waals surface area contributed by atoms with Crippen LogP contribution in [0.3, 0.4) is 0 Å². The summed E-state index contributed by atoms with van der Waals surface area (Å²) < 4.78 is 30.9. The van der Waals surface area contributed by atoms with Gasteiger partial charge in [-0.25, -0.2) is 9.52 Å². The average molecular weight is 300 g/mol. The lowest BCUT2D eigenvalue weighted by atomic mass is 10.0. The van der Waals surface area contributed by atoms with Crippen LogP contribution in [0.25, 0.3) is 0 Å². The van der Waals surface area contributed by atoms with Gasteiger partial charge in [0.25, 0.3) is 0 Å². The fourth-order valence-electron chi connectivity index (χ4n) is 2.01. The van der Waals surface area contributed by atoms with Crippen molar-refractivity contribution in [3.63, 3.8) is 0 Å². The van der Waals surface area contributed by atoms with Gasteiger partial charge in [-0.15, -0.1) is 0 Å².